The van der Waals surface area contributed by atoms with Gasteiger partial charge in [0.1, 0.15) is 0 Å². The first kappa shape index (κ1) is 39.4. The summed E-state index contributed by atoms with van der Waals surface area (Å²) in [5.41, 5.74) is 21.2. The Balaban J connectivity index is 0.905. The first-order valence-corrected chi connectivity index (χ1v) is 22.7. The predicted molar refractivity (Wildman–Crippen MR) is 275 cm³/mol. The van der Waals surface area contributed by atoms with Gasteiger partial charge in [-0.1, -0.05) is 173 Å². The van der Waals surface area contributed by atoms with Gasteiger partial charge in [0, 0.05) is 50.1 Å². The fraction of sp³-hybridized carbons (Fsp3) is 0.129. The zero-order valence-electron chi connectivity index (χ0n) is 37.5. The Morgan fingerprint density at radius 2 is 1.16 bits per heavy atom. The number of aromatic nitrogens is 2. The van der Waals surface area contributed by atoms with Crippen LogP contribution in [0, 0.1) is 0 Å². The second-order valence-corrected chi connectivity index (χ2v) is 18.5. The van der Waals surface area contributed by atoms with Crippen LogP contribution < -0.4 is 0 Å². The maximum Gasteiger partial charge on any atom is 0.0541 e. The summed E-state index contributed by atoms with van der Waals surface area (Å²) < 4.78 is 4.76. The molecule has 9 aromatic rings. The van der Waals surface area contributed by atoms with Crippen LogP contribution >= 0.6 is 0 Å². The molecule has 0 aliphatic heterocycles. The van der Waals surface area contributed by atoms with Gasteiger partial charge < -0.3 is 9.13 Å². The second-order valence-electron chi connectivity index (χ2n) is 18.5. The van der Waals surface area contributed by atoms with Crippen molar-refractivity contribution in [3.8, 4) is 33.6 Å². The predicted octanol–water partition coefficient (Wildman–Crippen LogP) is 16.6. The van der Waals surface area contributed by atoms with E-state index in [1.165, 1.54) is 111 Å². The monoisotopic (exact) mass is 824 g/mol. The number of hydrogen-bond acceptors (Lipinski definition) is 0. The normalized spacial score (nSPS) is 15.3. The number of fused-ring (bicyclic) bond motifs is 8. The lowest BCUT2D eigenvalue weighted by Gasteiger charge is -2.23. The molecule has 0 bridgehead atoms. The minimum atomic E-state index is -0.125. The highest BCUT2D eigenvalue weighted by Gasteiger charge is 2.36. The van der Waals surface area contributed by atoms with Gasteiger partial charge in [-0.15, -0.1) is 0 Å². The highest BCUT2D eigenvalue weighted by molar-refractivity contribution is 6.09. The highest BCUT2D eigenvalue weighted by Crippen LogP contribution is 2.51. The number of para-hydroxylation sites is 3. The van der Waals surface area contributed by atoms with Crippen molar-refractivity contribution in [2.24, 2.45) is 0 Å². The van der Waals surface area contributed by atoms with Gasteiger partial charge in [0.15, 0.2) is 0 Å². The molecule has 2 nitrogen and oxygen atoms in total. The van der Waals surface area contributed by atoms with E-state index in [4.69, 9.17) is 0 Å². The van der Waals surface area contributed by atoms with Crippen molar-refractivity contribution in [1.29, 1.82) is 0 Å². The summed E-state index contributed by atoms with van der Waals surface area (Å²) in [6.45, 7) is 13.6. The van der Waals surface area contributed by atoms with E-state index in [-0.39, 0.29) is 10.8 Å². The molecule has 64 heavy (non-hydrogen) atoms. The molecule has 2 aliphatic rings. The molecule has 0 radical (unpaired) electrons. The molecular formula is C62H52N2. The summed E-state index contributed by atoms with van der Waals surface area (Å²) in [6.07, 6.45) is 20.0. The van der Waals surface area contributed by atoms with E-state index in [1.54, 1.807) is 0 Å². The molecule has 0 N–H and O–H groups in total. The number of allylic oxidation sites excluding steroid dienone is 8. The van der Waals surface area contributed by atoms with E-state index >= 15 is 0 Å². The van der Waals surface area contributed by atoms with Crippen molar-refractivity contribution in [3.63, 3.8) is 0 Å². The smallest absolute Gasteiger partial charge is 0.0541 e. The van der Waals surface area contributed by atoms with E-state index in [2.05, 4.69) is 250 Å². The van der Waals surface area contributed by atoms with Crippen LogP contribution in [0.4, 0.5) is 0 Å². The molecule has 2 heteroatoms. The van der Waals surface area contributed by atoms with E-state index in [9.17, 15) is 0 Å². The van der Waals surface area contributed by atoms with Crippen LogP contribution in [0.15, 0.2) is 200 Å². The average molecular weight is 825 g/mol. The molecule has 7 aromatic carbocycles. The summed E-state index contributed by atoms with van der Waals surface area (Å²) >= 11 is 0. The number of benzene rings is 7. The van der Waals surface area contributed by atoms with E-state index in [0.29, 0.717) is 0 Å². The Labute approximate surface area is 377 Å². The quantitative estimate of drug-likeness (QED) is 0.135. The molecule has 0 spiro atoms. The van der Waals surface area contributed by atoms with Crippen LogP contribution in [0.3, 0.4) is 0 Å². The first-order chi connectivity index (χ1) is 31.1. The van der Waals surface area contributed by atoms with Crippen molar-refractivity contribution < 1.29 is 0 Å². The van der Waals surface area contributed by atoms with Gasteiger partial charge in [-0.3, -0.25) is 0 Å². The summed E-state index contributed by atoms with van der Waals surface area (Å²) in [5, 5.41) is 3.82. The third-order valence-electron chi connectivity index (χ3n) is 14.1. The molecule has 0 amide bonds. The van der Waals surface area contributed by atoms with Crippen molar-refractivity contribution in [1.82, 2.24) is 9.13 Å². The minimum Gasteiger partial charge on any atom is -0.316 e. The van der Waals surface area contributed by atoms with Gasteiger partial charge in [0.25, 0.3) is 0 Å². The van der Waals surface area contributed by atoms with E-state index in [0.717, 1.165) is 0 Å². The minimum absolute atomic E-state index is 0.0963. The SMILES string of the molecule is C/C=C\C=C/c1cn(-c2ccc3c(c2)C=C(/C=C\C(=C/C)c2cccc(-c4ccc5c(c4)-c4cc(-n6c7ccccc7c7ccccc76)ccc4C5(C)C)c2)C3(C)C)c2ccccc12. The van der Waals surface area contributed by atoms with Crippen molar-refractivity contribution in [3.05, 3.63) is 233 Å². The zero-order chi connectivity index (χ0) is 43.7. The lowest BCUT2D eigenvalue weighted by molar-refractivity contribution is 0.654. The van der Waals surface area contributed by atoms with Gasteiger partial charge >= 0.3 is 0 Å². The lowest BCUT2D eigenvalue weighted by Crippen LogP contribution is -2.16. The summed E-state index contributed by atoms with van der Waals surface area (Å²) in [4.78, 5) is 0. The zero-order valence-corrected chi connectivity index (χ0v) is 37.5. The van der Waals surface area contributed by atoms with Crippen molar-refractivity contribution >= 4 is 50.4 Å². The molecule has 0 unspecified atom stereocenters. The third-order valence-corrected chi connectivity index (χ3v) is 14.1. The van der Waals surface area contributed by atoms with Crippen LogP contribution in [0.2, 0.25) is 0 Å². The van der Waals surface area contributed by atoms with Crippen LogP contribution in [-0.2, 0) is 10.8 Å². The Morgan fingerprint density at radius 1 is 0.516 bits per heavy atom. The van der Waals surface area contributed by atoms with Crippen LogP contribution in [0.1, 0.15) is 74.9 Å². The maximum atomic E-state index is 2.43. The molecule has 310 valence electrons. The molecule has 11 rings (SSSR count). The first-order valence-electron chi connectivity index (χ1n) is 22.7. The fourth-order valence-electron chi connectivity index (χ4n) is 10.7. The largest absolute Gasteiger partial charge is 0.316 e. The number of rotatable bonds is 8. The molecule has 0 saturated carbocycles. The van der Waals surface area contributed by atoms with E-state index in [1.807, 2.05) is 6.92 Å². The van der Waals surface area contributed by atoms with Crippen molar-refractivity contribution in [2.75, 3.05) is 0 Å². The average Bonchev–Trinajstić information content (AvgIpc) is 4.00. The fourth-order valence-corrected chi connectivity index (χ4v) is 10.7. The molecule has 2 aromatic heterocycles. The molecular weight excluding hydrogens is 773 g/mol. The van der Waals surface area contributed by atoms with E-state index < -0.39 is 0 Å². The Morgan fingerprint density at radius 3 is 1.89 bits per heavy atom. The molecule has 0 fully saturated rings. The molecule has 2 heterocycles. The summed E-state index contributed by atoms with van der Waals surface area (Å²) in [7, 11) is 0. The molecule has 0 saturated heterocycles. The maximum absolute atomic E-state index is 2.43. The topological polar surface area (TPSA) is 9.86 Å². The van der Waals surface area contributed by atoms with Crippen LogP contribution in [-0.4, -0.2) is 9.13 Å². The number of nitrogens with zero attached hydrogens (tertiary/aromatic N) is 2. The summed E-state index contributed by atoms with van der Waals surface area (Å²) in [5.74, 6) is 0. The van der Waals surface area contributed by atoms with Crippen LogP contribution in [0.5, 0.6) is 0 Å². The van der Waals surface area contributed by atoms with Gasteiger partial charge in [-0.2, -0.15) is 0 Å². The molecule has 2 aliphatic carbocycles. The number of hydrogen-bond donors (Lipinski definition) is 0. The van der Waals surface area contributed by atoms with Gasteiger partial charge in [-0.25, -0.2) is 0 Å². The Kier molecular flexibility index (Phi) is 9.33. The highest BCUT2D eigenvalue weighted by atomic mass is 15.0. The Hall–Kier alpha value is -7.42. The van der Waals surface area contributed by atoms with Crippen LogP contribution in [0.25, 0.3) is 84.1 Å². The van der Waals surface area contributed by atoms with Gasteiger partial charge in [0.2, 0.25) is 0 Å². The summed E-state index contributed by atoms with van der Waals surface area (Å²) in [6, 6.07) is 56.4. The van der Waals surface area contributed by atoms with Crippen molar-refractivity contribution in [2.45, 2.75) is 52.4 Å². The van der Waals surface area contributed by atoms with Gasteiger partial charge in [0.05, 0.1) is 16.6 Å². The standard InChI is InChI=1S/C62H52N2/c1-7-9-10-18-45-40-63(58-24-14-11-21-50(45)58)48-30-33-55-46(37-48)36-47(61(55,3)4)29-27-41(8-2)42-19-17-20-43(35-42)44-28-32-56-53(38-44)54-39-49(31-34-57(54)62(56,5)6)64-59-25-15-12-22-51(59)52-23-13-16-26-60(52)64/h7-40H,1-6H3/b9-7-,18-10-,29-27-,41-8+. The lowest BCUT2D eigenvalue weighted by atomic mass is 9.81. The Bertz CT molecular complexity index is 3460. The third kappa shape index (κ3) is 6.23. The van der Waals surface area contributed by atoms with Gasteiger partial charge in [-0.05, 0) is 130 Å². The second kappa shape index (κ2) is 15.1. The molecule has 0 atom stereocenters.